The van der Waals surface area contributed by atoms with Gasteiger partial charge in [0.2, 0.25) is 0 Å². The second kappa shape index (κ2) is 7.99. The van der Waals surface area contributed by atoms with Crippen molar-refractivity contribution < 1.29 is 19.8 Å². The monoisotopic (exact) mass is 272 g/mol. The van der Waals surface area contributed by atoms with E-state index in [1.54, 1.807) is 4.90 Å². The van der Waals surface area contributed by atoms with Crippen LogP contribution in [0, 0.1) is 5.92 Å². The quantitative estimate of drug-likeness (QED) is 0.646. The standard InChI is InChI=1S/C13H24N2O4/c1-10(3-2-4-12(17)18)14-13(19)15-7-5-11(9-15)6-8-16/h10-11,16H,2-9H2,1H3,(H,14,19)(H,17,18). The molecule has 0 radical (unpaired) electrons. The summed E-state index contributed by atoms with van der Waals surface area (Å²) < 4.78 is 0. The predicted molar refractivity (Wildman–Crippen MR) is 70.9 cm³/mol. The maximum absolute atomic E-state index is 11.9. The van der Waals surface area contributed by atoms with Crippen molar-refractivity contribution in [3.05, 3.63) is 0 Å². The summed E-state index contributed by atoms with van der Waals surface area (Å²) in [6.45, 7) is 3.50. The molecule has 1 fully saturated rings. The largest absolute Gasteiger partial charge is 0.481 e. The molecule has 1 aliphatic rings. The van der Waals surface area contributed by atoms with Crippen LogP contribution in [0.5, 0.6) is 0 Å². The number of amides is 2. The van der Waals surface area contributed by atoms with Crippen LogP contribution >= 0.6 is 0 Å². The molecule has 6 heteroatoms. The smallest absolute Gasteiger partial charge is 0.317 e. The fourth-order valence-corrected chi connectivity index (χ4v) is 2.37. The van der Waals surface area contributed by atoms with Gasteiger partial charge in [-0.1, -0.05) is 0 Å². The molecule has 2 atom stereocenters. The second-order valence-electron chi connectivity index (χ2n) is 5.25. The fourth-order valence-electron chi connectivity index (χ4n) is 2.37. The predicted octanol–water partition coefficient (Wildman–Crippen LogP) is 1.04. The number of aliphatic carboxylic acids is 1. The number of hydrogen-bond donors (Lipinski definition) is 3. The first-order chi connectivity index (χ1) is 9.02. The second-order valence-corrected chi connectivity index (χ2v) is 5.25. The van der Waals surface area contributed by atoms with Gasteiger partial charge in [0, 0.05) is 32.2 Å². The molecule has 0 spiro atoms. The van der Waals surface area contributed by atoms with Crippen LogP contribution < -0.4 is 5.32 Å². The van der Waals surface area contributed by atoms with Crippen LogP contribution in [0.2, 0.25) is 0 Å². The highest BCUT2D eigenvalue weighted by Crippen LogP contribution is 2.19. The van der Waals surface area contributed by atoms with E-state index in [9.17, 15) is 9.59 Å². The molecule has 1 rings (SSSR count). The van der Waals surface area contributed by atoms with Gasteiger partial charge in [-0.15, -0.1) is 0 Å². The number of nitrogens with one attached hydrogen (secondary N) is 1. The van der Waals surface area contributed by atoms with E-state index in [1.807, 2.05) is 6.92 Å². The lowest BCUT2D eigenvalue weighted by atomic mass is 10.1. The molecule has 0 aromatic heterocycles. The molecule has 3 N–H and O–H groups in total. The summed E-state index contributed by atoms with van der Waals surface area (Å²) in [6.07, 6.45) is 3.08. The van der Waals surface area contributed by atoms with Crippen LogP contribution in [0.3, 0.4) is 0 Å². The lowest BCUT2D eigenvalue weighted by molar-refractivity contribution is -0.137. The minimum Gasteiger partial charge on any atom is -0.481 e. The summed E-state index contributed by atoms with van der Waals surface area (Å²) in [5, 5.41) is 20.3. The lowest BCUT2D eigenvalue weighted by Gasteiger charge is -2.21. The van der Waals surface area contributed by atoms with Gasteiger partial charge in [0.25, 0.3) is 0 Å². The Labute approximate surface area is 113 Å². The molecule has 0 aromatic rings. The molecule has 2 unspecified atom stereocenters. The number of hydrogen-bond acceptors (Lipinski definition) is 3. The summed E-state index contributed by atoms with van der Waals surface area (Å²) in [7, 11) is 0. The van der Waals surface area contributed by atoms with Gasteiger partial charge in [-0.05, 0) is 38.5 Å². The van der Waals surface area contributed by atoms with E-state index >= 15 is 0 Å². The first kappa shape index (κ1) is 15.8. The minimum atomic E-state index is -0.801. The van der Waals surface area contributed by atoms with E-state index in [0.29, 0.717) is 25.3 Å². The Kier molecular flexibility index (Phi) is 6.62. The maximum atomic E-state index is 11.9. The molecule has 110 valence electrons. The van der Waals surface area contributed by atoms with Crippen LogP contribution in [0.1, 0.15) is 39.0 Å². The highest BCUT2D eigenvalue weighted by molar-refractivity contribution is 5.74. The van der Waals surface area contributed by atoms with E-state index in [4.69, 9.17) is 10.2 Å². The molecular formula is C13H24N2O4. The number of aliphatic hydroxyl groups excluding tert-OH is 1. The Bertz CT molecular complexity index is 309. The Morgan fingerprint density at radius 1 is 1.47 bits per heavy atom. The summed E-state index contributed by atoms with van der Waals surface area (Å²) in [5.41, 5.74) is 0. The zero-order chi connectivity index (χ0) is 14.3. The molecule has 1 saturated heterocycles. The maximum Gasteiger partial charge on any atom is 0.317 e. The number of urea groups is 1. The number of aliphatic hydroxyl groups is 1. The van der Waals surface area contributed by atoms with Crippen LogP contribution in [0.4, 0.5) is 4.79 Å². The average Bonchev–Trinajstić information content (AvgIpc) is 2.77. The van der Waals surface area contributed by atoms with Crippen LogP contribution in [-0.2, 0) is 4.79 Å². The van der Waals surface area contributed by atoms with Crippen molar-refractivity contribution in [2.24, 2.45) is 5.92 Å². The van der Waals surface area contributed by atoms with Crippen LogP contribution in [0.15, 0.2) is 0 Å². The van der Waals surface area contributed by atoms with Gasteiger partial charge in [-0.2, -0.15) is 0 Å². The van der Waals surface area contributed by atoms with Gasteiger partial charge in [-0.25, -0.2) is 4.79 Å². The van der Waals surface area contributed by atoms with E-state index < -0.39 is 5.97 Å². The first-order valence-corrected chi connectivity index (χ1v) is 6.91. The van der Waals surface area contributed by atoms with E-state index in [-0.39, 0.29) is 25.1 Å². The Morgan fingerprint density at radius 2 is 2.21 bits per heavy atom. The van der Waals surface area contributed by atoms with Gasteiger partial charge in [0.05, 0.1) is 0 Å². The van der Waals surface area contributed by atoms with Crippen LogP contribution in [-0.4, -0.2) is 52.9 Å². The summed E-state index contributed by atoms with van der Waals surface area (Å²) in [6, 6.07) is -0.0907. The van der Waals surface area contributed by atoms with Crippen LogP contribution in [0.25, 0.3) is 0 Å². The highest BCUT2D eigenvalue weighted by Gasteiger charge is 2.26. The Morgan fingerprint density at radius 3 is 2.84 bits per heavy atom. The molecule has 1 aliphatic heterocycles. The summed E-state index contributed by atoms with van der Waals surface area (Å²) in [4.78, 5) is 24.1. The third kappa shape index (κ3) is 5.92. The molecule has 0 aliphatic carbocycles. The van der Waals surface area contributed by atoms with E-state index in [1.165, 1.54) is 0 Å². The van der Waals surface area contributed by atoms with Gasteiger partial charge in [-0.3, -0.25) is 4.79 Å². The van der Waals surface area contributed by atoms with Gasteiger partial charge in [0.15, 0.2) is 0 Å². The van der Waals surface area contributed by atoms with Crippen molar-refractivity contribution in [2.45, 2.75) is 45.1 Å². The van der Waals surface area contributed by atoms with Crippen molar-refractivity contribution in [2.75, 3.05) is 19.7 Å². The Balaban J connectivity index is 2.21. The number of rotatable bonds is 7. The normalized spacial score (nSPS) is 20.3. The zero-order valence-electron chi connectivity index (χ0n) is 11.5. The van der Waals surface area contributed by atoms with Gasteiger partial charge >= 0.3 is 12.0 Å². The molecule has 2 amide bonds. The summed E-state index contributed by atoms with van der Waals surface area (Å²) >= 11 is 0. The number of carboxylic acids is 1. The molecule has 0 aromatic carbocycles. The van der Waals surface area contributed by atoms with Crippen molar-refractivity contribution in [3.63, 3.8) is 0 Å². The summed E-state index contributed by atoms with van der Waals surface area (Å²) in [5.74, 6) is -0.400. The van der Waals surface area contributed by atoms with Crippen molar-refractivity contribution in [3.8, 4) is 0 Å². The number of carboxylic acid groups (broad SMARTS) is 1. The Hall–Kier alpha value is -1.30. The molecule has 1 heterocycles. The third-order valence-electron chi connectivity index (χ3n) is 3.51. The average molecular weight is 272 g/mol. The number of carbonyl (C=O) groups excluding carboxylic acids is 1. The minimum absolute atomic E-state index is 0.0104. The lowest BCUT2D eigenvalue weighted by Crippen LogP contribution is -2.42. The molecule has 6 nitrogen and oxygen atoms in total. The topological polar surface area (TPSA) is 89.9 Å². The van der Waals surface area contributed by atoms with Crippen molar-refractivity contribution >= 4 is 12.0 Å². The molecule has 0 saturated carbocycles. The highest BCUT2D eigenvalue weighted by atomic mass is 16.4. The fraction of sp³-hybridized carbons (Fsp3) is 0.846. The number of likely N-dealkylation sites (tertiary alicyclic amines) is 1. The zero-order valence-corrected chi connectivity index (χ0v) is 11.5. The van der Waals surface area contributed by atoms with E-state index in [2.05, 4.69) is 5.32 Å². The SMILES string of the molecule is CC(CCCC(=O)O)NC(=O)N1CCC(CCO)C1. The van der Waals surface area contributed by atoms with Gasteiger partial charge in [0.1, 0.15) is 0 Å². The molecule has 0 bridgehead atoms. The third-order valence-corrected chi connectivity index (χ3v) is 3.51. The van der Waals surface area contributed by atoms with Crippen molar-refractivity contribution in [1.82, 2.24) is 10.2 Å². The first-order valence-electron chi connectivity index (χ1n) is 6.91. The molecular weight excluding hydrogens is 248 g/mol. The van der Waals surface area contributed by atoms with Gasteiger partial charge < -0.3 is 20.4 Å². The number of carbonyl (C=O) groups is 2. The number of nitrogens with zero attached hydrogens (tertiary/aromatic N) is 1. The molecule has 19 heavy (non-hydrogen) atoms. The van der Waals surface area contributed by atoms with E-state index in [0.717, 1.165) is 19.4 Å². The van der Waals surface area contributed by atoms with Crippen molar-refractivity contribution in [1.29, 1.82) is 0 Å².